The summed E-state index contributed by atoms with van der Waals surface area (Å²) < 4.78 is 0. The third kappa shape index (κ3) is 4.26. The molecule has 0 saturated carbocycles. The summed E-state index contributed by atoms with van der Waals surface area (Å²) in [5, 5.41) is 4.35. The third-order valence-electron chi connectivity index (χ3n) is 3.48. The molecule has 3 N–H and O–H groups in total. The van der Waals surface area contributed by atoms with Crippen molar-refractivity contribution in [1.29, 1.82) is 0 Å². The molecule has 0 fully saturated rings. The molecule has 0 saturated heterocycles. The fourth-order valence-corrected chi connectivity index (χ4v) is 2.49. The van der Waals surface area contributed by atoms with Crippen molar-refractivity contribution in [2.45, 2.75) is 46.5 Å². The van der Waals surface area contributed by atoms with Crippen LogP contribution in [0.1, 0.15) is 46.5 Å². The Balaban J connectivity index is 2.57. The first-order chi connectivity index (χ1) is 8.41. The van der Waals surface area contributed by atoms with Crippen LogP contribution in [0.15, 0.2) is 28.4 Å². The number of nitrogens with one attached hydrogen (secondary N) is 1. The van der Waals surface area contributed by atoms with Crippen LogP contribution in [0.5, 0.6) is 0 Å². The van der Waals surface area contributed by atoms with E-state index in [1.807, 2.05) is 6.92 Å². The van der Waals surface area contributed by atoms with Gasteiger partial charge in [-0.05, 0) is 58.7 Å². The Hall–Kier alpha value is -1.16. The van der Waals surface area contributed by atoms with Crippen molar-refractivity contribution in [2.75, 3.05) is 0 Å². The minimum atomic E-state index is 0.213. The molecule has 4 heteroatoms. The summed E-state index contributed by atoms with van der Waals surface area (Å²) in [4.78, 5) is 0. The van der Waals surface area contributed by atoms with E-state index in [4.69, 9.17) is 18.0 Å². The van der Waals surface area contributed by atoms with Crippen LogP contribution >= 0.6 is 12.2 Å². The molecule has 0 spiro atoms. The van der Waals surface area contributed by atoms with Crippen molar-refractivity contribution in [3.05, 3.63) is 23.3 Å². The van der Waals surface area contributed by atoms with E-state index in [-0.39, 0.29) is 5.11 Å². The van der Waals surface area contributed by atoms with Gasteiger partial charge < -0.3 is 5.73 Å². The minimum absolute atomic E-state index is 0.213. The fourth-order valence-electron chi connectivity index (χ4n) is 2.45. The van der Waals surface area contributed by atoms with Gasteiger partial charge in [0.15, 0.2) is 5.11 Å². The first-order valence-electron chi connectivity index (χ1n) is 6.34. The monoisotopic (exact) mass is 265 g/mol. The molecule has 0 aromatic carbocycles. The third-order valence-corrected chi connectivity index (χ3v) is 3.58. The zero-order valence-corrected chi connectivity index (χ0v) is 12.4. The molecule has 0 bridgehead atoms. The number of rotatable bonds is 5. The predicted octanol–water partition coefficient (Wildman–Crippen LogP) is 3.28. The largest absolute Gasteiger partial charge is 0.375 e. The van der Waals surface area contributed by atoms with Crippen LogP contribution in [-0.2, 0) is 0 Å². The number of nitrogens with zero attached hydrogens (tertiary/aromatic N) is 1. The van der Waals surface area contributed by atoms with Crippen molar-refractivity contribution in [2.24, 2.45) is 16.8 Å². The van der Waals surface area contributed by atoms with E-state index in [9.17, 15) is 0 Å². The molecule has 1 rings (SSSR count). The Labute approximate surface area is 115 Å². The van der Waals surface area contributed by atoms with Crippen molar-refractivity contribution in [1.82, 2.24) is 5.43 Å². The Bertz CT molecular complexity index is 407. The summed E-state index contributed by atoms with van der Waals surface area (Å²) in [6.45, 7) is 10.4. The zero-order valence-electron chi connectivity index (χ0n) is 11.5. The number of thiocarbonyl (C=S) groups is 1. The lowest BCUT2D eigenvalue weighted by Gasteiger charge is -2.15. The topological polar surface area (TPSA) is 50.4 Å². The van der Waals surface area contributed by atoms with E-state index in [2.05, 4.69) is 31.0 Å². The van der Waals surface area contributed by atoms with Crippen LogP contribution < -0.4 is 11.2 Å². The lowest BCUT2D eigenvalue weighted by Crippen LogP contribution is -2.25. The Morgan fingerprint density at radius 2 is 2.22 bits per heavy atom. The van der Waals surface area contributed by atoms with Gasteiger partial charge in [-0.3, -0.25) is 5.43 Å². The molecule has 18 heavy (non-hydrogen) atoms. The number of hydrogen-bond donors (Lipinski definition) is 2. The molecule has 0 unspecified atom stereocenters. The summed E-state index contributed by atoms with van der Waals surface area (Å²) in [5.74, 6) is 0.571. The maximum absolute atomic E-state index is 5.34. The van der Waals surface area contributed by atoms with Crippen LogP contribution in [0.4, 0.5) is 0 Å². The molecule has 100 valence electrons. The lowest BCUT2D eigenvalue weighted by atomic mass is 9.90. The van der Waals surface area contributed by atoms with Gasteiger partial charge in [0.05, 0.1) is 0 Å². The number of hydrazone groups is 1. The summed E-state index contributed by atoms with van der Waals surface area (Å²) in [7, 11) is 0. The number of allylic oxidation sites excluding steroid dienone is 3. The van der Waals surface area contributed by atoms with Crippen molar-refractivity contribution < 1.29 is 0 Å². The Morgan fingerprint density at radius 3 is 2.78 bits per heavy atom. The van der Waals surface area contributed by atoms with Gasteiger partial charge in [-0.25, -0.2) is 0 Å². The molecule has 0 aliphatic heterocycles. The molecule has 0 aromatic heterocycles. The molecule has 0 heterocycles. The molecule has 0 radical (unpaired) electrons. The highest BCUT2D eigenvalue weighted by atomic mass is 32.1. The van der Waals surface area contributed by atoms with E-state index in [0.717, 1.165) is 18.6 Å². The maximum Gasteiger partial charge on any atom is 0.184 e. The predicted molar refractivity (Wildman–Crippen MR) is 82.5 cm³/mol. The Kier molecular flexibility index (Phi) is 5.54. The van der Waals surface area contributed by atoms with E-state index in [1.54, 1.807) is 5.57 Å². The van der Waals surface area contributed by atoms with Gasteiger partial charge >= 0.3 is 0 Å². The zero-order chi connectivity index (χ0) is 13.7. The van der Waals surface area contributed by atoms with Gasteiger partial charge in [-0.2, -0.15) is 5.10 Å². The van der Waals surface area contributed by atoms with E-state index in [0.29, 0.717) is 5.92 Å². The first kappa shape index (κ1) is 14.9. The Morgan fingerprint density at radius 1 is 1.56 bits per heavy atom. The molecule has 1 atom stereocenters. The first-order valence-corrected chi connectivity index (χ1v) is 6.75. The van der Waals surface area contributed by atoms with Crippen LogP contribution in [-0.4, -0.2) is 10.8 Å². The molecule has 3 nitrogen and oxygen atoms in total. The second kappa shape index (κ2) is 6.69. The van der Waals surface area contributed by atoms with Gasteiger partial charge in [-0.1, -0.05) is 23.3 Å². The second-order valence-corrected chi connectivity index (χ2v) is 5.51. The quantitative estimate of drug-likeness (QED) is 0.347. The van der Waals surface area contributed by atoms with Gasteiger partial charge in [-0.15, -0.1) is 0 Å². The van der Waals surface area contributed by atoms with Crippen molar-refractivity contribution in [3.8, 4) is 0 Å². The van der Waals surface area contributed by atoms with Crippen LogP contribution in [0.25, 0.3) is 0 Å². The number of hydrogen-bond acceptors (Lipinski definition) is 2. The highest BCUT2D eigenvalue weighted by molar-refractivity contribution is 7.80. The molecule has 0 aromatic rings. The standard InChI is InChI=1S/C14H23N3S/c1-9(2)12-7-5-10(3)13(12)8-6-11(4)16-17-14(15)18/h12H,1,5-8H2,2-4H3,(H3,15,17,18)/b16-11+/t12-/m1/s1. The summed E-state index contributed by atoms with van der Waals surface area (Å²) in [6.07, 6.45) is 4.41. The van der Waals surface area contributed by atoms with Gasteiger partial charge in [0.2, 0.25) is 0 Å². The summed E-state index contributed by atoms with van der Waals surface area (Å²) in [6, 6.07) is 0. The van der Waals surface area contributed by atoms with Crippen LogP contribution in [0.2, 0.25) is 0 Å². The maximum atomic E-state index is 5.34. The smallest absolute Gasteiger partial charge is 0.184 e. The lowest BCUT2D eigenvalue weighted by molar-refractivity contribution is 0.675. The van der Waals surface area contributed by atoms with E-state index < -0.39 is 0 Å². The summed E-state index contributed by atoms with van der Waals surface area (Å²) >= 11 is 4.72. The SMILES string of the molecule is C=C(C)[C@H]1CCC(C)=C1CC/C(C)=N/NC(N)=S. The van der Waals surface area contributed by atoms with Gasteiger partial charge in [0.25, 0.3) is 0 Å². The van der Waals surface area contributed by atoms with Crippen LogP contribution in [0, 0.1) is 5.92 Å². The van der Waals surface area contributed by atoms with Crippen LogP contribution in [0.3, 0.4) is 0 Å². The van der Waals surface area contributed by atoms with Gasteiger partial charge in [0, 0.05) is 11.6 Å². The minimum Gasteiger partial charge on any atom is -0.375 e. The second-order valence-electron chi connectivity index (χ2n) is 5.07. The van der Waals surface area contributed by atoms with Crippen molar-refractivity contribution >= 4 is 23.0 Å². The number of nitrogens with two attached hydrogens (primary N) is 1. The average molecular weight is 265 g/mol. The van der Waals surface area contributed by atoms with Gasteiger partial charge in [0.1, 0.15) is 0 Å². The fraction of sp³-hybridized carbons (Fsp3) is 0.571. The van der Waals surface area contributed by atoms with E-state index in [1.165, 1.54) is 24.0 Å². The molecule has 0 amide bonds. The average Bonchev–Trinajstić information content (AvgIpc) is 2.65. The van der Waals surface area contributed by atoms with Crippen molar-refractivity contribution in [3.63, 3.8) is 0 Å². The molecular formula is C14H23N3S. The molecule has 1 aliphatic carbocycles. The summed E-state index contributed by atoms with van der Waals surface area (Å²) in [5.41, 5.74) is 13.3. The highest BCUT2D eigenvalue weighted by Gasteiger charge is 2.23. The molecule has 1 aliphatic rings. The van der Waals surface area contributed by atoms with E-state index >= 15 is 0 Å². The molecular weight excluding hydrogens is 242 g/mol. The normalized spacial score (nSPS) is 20.2. The highest BCUT2D eigenvalue weighted by Crippen LogP contribution is 2.38.